The van der Waals surface area contributed by atoms with Gasteiger partial charge in [-0.25, -0.2) is 4.79 Å². The van der Waals surface area contributed by atoms with Gasteiger partial charge in [0, 0.05) is 13.1 Å². The number of hydrogen-bond donors (Lipinski definition) is 1. The van der Waals surface area contributed by atoms with E-state index in [1.165, 1.54) is 12.8 Å². The zero-order valence-corrected chi connectivity index (χ0v) is 10.2. The fourth-order valence-corrected chi connectivity index (χ4v) is 2.37. The summed E-state index contributed by atoms with van der Waals surface area (Å²) in [6, 6.07) is 7.73. The number of ether oxygens (including phenoxy) is 1. The Morgan fingerprint density at radius 2 is 2.06 bits per heavy atom. The van der Waals surface area contributed by atoms with Crippen molar-refractivity contribution in [3.63, 3.8) is 0 Å². The predicted octanol–water partition coefficient (Wildman–Crippen LogP) is 2.13. The second-order valence-corrected chi connectivity index (χ2v) is 5.07. The summed E-state index contributed by atoms with van der Waals surface area (Å²) in [6.45, 7) is 0.954. The number of para-hydroxylation sites is 1. The molecule has 0 radical (unpaired) electrons. The minimum absolute atomic E-state index is 0.348. The van der Waals surface area contributed by atoms with Gasteiger partial charge < -0.3 is 14.7 Å². The first-order chi connectivity index (χ1) is 8.74. The summed E-state index contributed by atoms with van der Waals surface area (Å²) in [4.78, 5) is 13.5. The number of β-amino-alcohol motifs (C(OH)–C–C–N with tert-alkyl or cyclic N) is 1. The van der Waals surface area contributed by atoms with Crippen LogP contribution in [0.1, 0.15) is 30.7 Å². The Labute approximate surface area is 106 Å². The van der Waals surface area contributed by atoms with E-state index in [-0.39, 0.29) is 6.09 Å². The van der Waals surface area contributed by atoms with Gasteiger partial charge in [0.25, 0.3) is 0 Å². The van der Waals surface area contributed by atoms with Crippen LogP contribution < -0.4 is 4.74 Å². The third-order valence-electron chi connectivity index (χ3n) is 3.56. The van der Waals surface area contributed by atoms with Gasteiger partial charge in [-0.05, 0) is 36.8 Å². The second kappa shape index (κ2) is 4.61. The molecule has 1 unspecified atom stereocenters. The van der Waals surface area contributed by atoms with E-state index in [1.807, 2.05) is 24.3 Å². The number of hydrogen-bond acceptors (Lipinski definition) is 3. The minimum Gasteiger partial charge on any atom is -0.410 e. The van der Waals surface area contributed by atoms with Crippen LogP contribution in [0, 0.1) is 0 Å². The van der Waals surface area contributed by atoms with E-state index in [0.717, 1.165) is 5.56 Å². The molecule has 4 nitrogen and oxygen atoms in total. The summed E-state index contributed by atoms with van der Waals surface area (Å²) in [6.07, 6.45) is 2.24. The minimum atomic E-state index is -0.406. The van der Waals surface area contributed by atoms with Gasteiger partial charge in [-0.3, -0.25) is 0 Å². The van der Waals surface area contributed by atoms with Crippen molar-refractivity contribution in [3.8, 4) is 5.75 Å². The Bertz CT molecular complexity index is 456. The molecule has 1 aliphatic carbocycles. The van der Waals surface area contributed by atoms with E-state index in [2.05, 4.69) is 0 Å². The van der Waals surface area contributed by atoms with Crippen LogP contribution in [0.25, 0.3) is 0 Å². The zero-order chi connectivity index (χ0) is 12.5. The van der Waals surface area contributed by atoms with Crippen LogP contribution in [-0.4, -0.2) is 35.3 Å². The number of carbonyl (C=O) groups excluding carboxylic acids is 1. The van der Waals surface area contributed by atoms with Crippen LogP contribution in [0.3, 0.4) is 0 Å². The number of benzene rings is 1. The fourth-order valence-electron chi connectivity index (χ4n) is 2.37. The van der Waals surface area contributed by atoms with Crippen molar-refractivity contribution < 1.29 is 14.6 Å². The highest BCUT2D eigenvalue weighted by atomic mass is 16.6. The molecule has 96 valence electrons. The molecule has 4 heteroatoms. The monoisotopic (exact) mass is 247 g/mol. The summed E-state index contributed by atoms with van der Waals surface area (Å²) < 4.78 is 5.45. The first kappa shape index (κ1) is 11.5. The summed E-state index contributed by atoms with van der Waals surface area (Å²) >= 11 is 0. The van der Waals surface area contributed by atoms with Crippen molar-refractivity contribution in [3.05, 3.63) is 29.8 Å². The Balaban J connectivity index is 1.70. The Morgan fingerprint density at radius 3 is 2.72 bits per heavy atom. The number of nitrogens with zero attached hydrogens (tertiary/aromatic N) is 1. The lowest BCUT2D eigenvalue weighted by molar-refractivity contribution is 0.145. The molecular weight excluding hydrogens is 230 g/mol. The van der Waals surface area contributed by atoms with Gasteiger partial charge in [0.05, 0.1) is 6.10 Å². The first-order valence-electron chi connectivity index (χ1n) is 6.48. The van der Waals surface area contributed by atoms with Crippen molar-refractivity contribution in [2.24, 2.45) is 0 Å². The highest BCUT2D eigenvalue weighted by molar-refractivity contribution is 5.71. The molecule has 1 N–H and O–H groups in total. The van der Waals surface area contributed by atoms with E-state index in [9.17, 15) is 9.90 Å². The third-order valence-corrected chi connectivity index (χ3v) is 3.56. The van der Waals surface area contributed by atoms with Gasteiger partial charge in [-0.1, -0.05) is 18.2 Å². The van der Waals surface area contributed by atoms with Gasteiger partial charge in [0.1, 0.15) is 5.75 Å². The molecule has 1 saturated carbocycles. The molecular formula is C14H17NO3. The predicted molar refractivity (Wildman–Crippen MR) is 66.6 cm³/mol. The highest BCUT2D eigenvalue weighted by Gasteiger charge is 2.29. The van der Waals surface area contributed by atoms with Gasteiger partial charge in [0.2, 0.25) is 0 Å². The maximum atomic E-state index is 11.9. The summed E-state index contributed by atoms with van der Waals surface area (Å²) in [7, 11) is 0. The number of aliphatic hydroxyl groups is 1. The number of aliphatic hydroxyl groups excluding tert-OH is 1. The third kappa shape index (κ3) is 2.34. The molecule has 1 heterocycles. The van der Waals surface area contributed by atoms with Crippen molar-refractivity contribution in [1.82, 2.24) is 4.90 Å². The lowest BCUT2D eigenvalue weighted by Gasteiger charge is -2.16. The van der Waals surface area contributed by atoms with E-state index in [4.69, 9.17) is 4.74 Å². The Morgan fingerprint density at radius 1 is 1.28 bits per heavy atom. The van der Waals surface area contributed by atoms with Crippen molar-refractivity contribution in [1.29, 1.82) is 0 Å². The maximum Gasteiger partial charge on any atom is 0.415 e. The second-order valence-electron chi connectivity index (χ2n) is 5.07. The largest absolute Gasteiger partial charge is 0.415 e. The van der Waals surface area contributed by atoms with E-state index >= 15 is 0 Å². The molecule has 18 heavy (non-hydrogen) atoms. The fraction of sp³-hybridized carbons (Fsp3) is 0.500. The molecule has 1 aromatic carbocycles. The lowest BCUT2D eigenvalue weighted by atomic mass is 10.1. The standard InChI is InChI=1S/C14H17NO3/c16-11-7-8-15(9-11)14(17)18-13-4-2-1-3-12(13)10-5-6-10/h1-4,10-11,16H,5-9H2. The van der Waals surface area contributed by atoms with E-state index in [1.54, 1.807) is 4.90 Å². The molecule has 2 aliphatic rings. The van der Waals surface area contributed by atoms with E-state index < -0.39 is 6.10 Å². The van der Waals surface area contributed by atoms with Crippen molar-refractivity contribution in [2.45, 2.75) is 31.3 Å². The number of carbonyl (C=O) groups is 1. The molecule has 1 aliphatic heterocycles. The van der Waals surface area contributed by atoms with Crippen LogP contribution in [0.15, 0.2) is 24.3 Å². The molecule has 0 spiro atoms. The number of amides is 1. The Kier molecular flexibility index (Phi) is 2.96. The van der Waals surface area contributed by atoms with Gasteiger partial charge in [-0.2, -0.15) is 0 Å². The average Bonchev–Trinajstić information content (AvgIpc) is 3.12. The van der Waals surface area contributed by atoms with Gasteiger partial charge in [0.15, 0.2) is 0 Å². The van der Waals surface area contributed by atoms with Gasteiger partial charge in [-0.15, -0.1) is 0 Å². The molecule has 1 saturated heterocycles. The SMILES string of the molecule is O=C(Oc1ccccc1C1CC1)N1CCC(O)C1. The zero-order valence-electron chi connectivity index (χ0n) is 10.2. The molecule has 2 fully saturated rings. The van der Waals surface area contributed by atoms with E-state index in [0.29, 0.717) is 31.2 Å². The highest BCUT2D eigenvalue weighted by Crippen LogP contribution is 2.44. The average molecular weight is 247 g/mol. The molecule has 1 aromatic rings. The summed E-state index contributed by atoms with van der Waals surface area (Å²) in [5.74, 6) is 1.23. The summed E-state index contributed by atoms with van der Waals surface area (Å²) in [5.41, 5.74) is 1.13. The quantitative estimate of drug-likeness (QED) is 0.871. The number of rotatable bonds is 2. The van der Waals surface area contributed by atoms with Crippen molar-refractivity contribution in [2.75, 3.05) is 13.1 Å². The first-order valence-corrected chi connectivity index (χ1v) is 6.48. The molecule has 3 rings (SSSR count). The van der Waals surface area contributed by atoms with Gasteiger partial charge >= 0.3 is 6.09 Å². The van der Waals surface area contributed by atoms with Crippen LogP contribution in [-0.2, 0) is 0 Å². The topological polar surface area (TPSA) is 49.8 Å². The lowest BCUT2D eigenvalue weighted by Crippen LogP contribution is -2.32. The Hall–Kier alpha value is -1.55. The molecule has 1 atom stereocenters. The smallest absolute Gasteiger partial charge is 0.410 e. The van der Waals surface area contributed by atoms with Crippen LogP contribution >= 0.6 is 0 Å². The molecule has 0 aromatic heterocycles. The maximum absolute atomic E-state index is 11.9. The van der Waals surface area contributed by atoms with Crippen LogP contribution in [0.4, 0.5) is 4.79 Å². The normalized spacial score (nSPS) is 23.2. The summed E-state index contributed by atoms with van der Waals surface area (Å²) in [5, 5.41) is 9.42. The van der Waals surface area contributed by atoms with Crippen LogP contribution in [0.2, 0.25) is 0 Å². The molecule has 1 amide bonds. The van der Waals surface area contributed by atoms with Crippen LogP contribution in [0.5, 0.6) is 5.75 Å². The van der Waals surface area contributed by atoms with Crippen molar-refractivity contribution >= 4 is 6.09 Å². The number of likely N-dealkylation sites (tertiary alicyclic amines) is 1. The molecule has 0 bridgehead atoms.